The van der Waals surface area contributed by atoms with Crippen LogP contribution in [-0.2, 0) is 6.54 Å². The number of nitrogens with one attached hydrogen (secondary N) is 1. The zero-order valence-electron chi connectivity index (χ0n) is 10.8. The molecule has 108 valence electrons. The fraction of sp³-hybridized carbons (Fsp3) is 0.133. The number of thiophene rings is 1. The van der Waals surface area contributed by atoms with E-state index in [2.05, 4.69) is 17.2 Å². The number of hydrogen-bond donors (Lipinski definition) is 2. The van der Waals surface area contributed by atoms with E-state index in [4.69, 9.17) is 28.3 Å². The minimum atomic E-state index is -0.234. The number of amides is 1. The van der Waals surface area contributed by atoms with Gasteiger partial charge in [-0.15, -0.1) is 11.3 Å². The van der Waals surface area contributed by atoms with E-state index >= 15 is 0 Å². The molecule has 0 saturated heterocycles. The molecule has 1 amide bonds. The second-order valence-electron chi connectivity index (χ2n) is 4.04. The first-order chi connectivity index (χ1) is 10.1. The van der Waals surface area contributed by atoms with Crippen molar-refractivity contribution in [3.8, 4) is 11.8 Å². The van der Waals surface area contributed by atoms with Crippen molar-refractivity contribution >= 4 is 40.4 Å². The van der Waals surface area contributed by atoms with Gasteiger partial charge in [-0.3, -0.25) is 4.79 Å². The summed E-state index contributed by atoms with van der Waals surface area (Å²) in [5.41, 5.74) is 1.03. The van der Waals surface area contributed by atoms with Crippen LogP contribution in [0.15, 0.2) is 30.3 Å². The van der Waals surface area contributed by atoms with Gasteiger partial charge in [-0.25, -0.2) is 0 Å². The molecule has 3 nitrogen and oxygen atoms in total. The van der Waals surface area contributed by atoms with Gasteiger partial charge in [-0.05, 0) is 30.3 Å². The molecular weight excluding hydrogens is 329 g/mol. The van der Waals surface area contributed by atoms with Crippen LogP contribution in [-0.4, -0.2) is 17.6 Å². The van der Waals surface area contributed by atoms with Gasteiger partial charge in [0.2, 0.25) is 0 Å². The number of aliphatic hydroxyl groups is 1. The zero-order chi connectivity index (χ0) is 15.2. The van der Waals surface area contributed by atoms with Gasteiger partial charge < -0.3 is 10.4 Å². The fourth-order valence-corrected chi connectivity index (χ4v) is 2.86. The third kappa shape index (κ3) is 4.48. The zero-order valence-corrected chi connectivity index (χ0v) is 13.1. The van der Waals surface area contributed by atoms with Crippen molar-refractivity contribution in [1.82, 2.24) is 5.32 Å². The van der Waals surface area contributed by atoms with E-state index in [1.807, 2.05) is 6.07 Å². The van der Waals surface area contributed by atoms with E-state index < -0.39 is 0 Å². The molecule has 2 rings (SSSR count). The lowest BCUT2D eigenvalue weighted by atomic mass is 10.1. The maximum atomic E-state index is 12.0. The van der Waals surface area contributed by atoms with E-state index in [0.29, 0.717) is 27.0 Å². The van der Waals surface area contributed by atoms with Gasteiger partial charge in [0.05, 0.1) is 15.9 Å². The van der Waals surface area contributed by atoms with Crippen LogP contribution < -0.4 is 5.32 Å². The number of rotatable bonds is 3. The maximum absolute atomic E-state index is 12.0. The average molecular weight is 340 g/mol. The summed E-state index contributed by atoms with van der Waals surface area (Å²) in [6.45, 7) is 0.182. The predicted octanol–water partition coefficient (Wildman–Crippen LogP) is 3.33. The summed E-state index contributed by atoms with van der Waals surface area (Å²) < 4.78 is 0.689. The van der Waals surface area contributed by atoms with E-state index in [1.54, 1.807) is 24.3 Å². The van der Waals surface area contributed by atoms with Crippen molar-refractivity contribution in [3.05, 3.63) is 55.7 Å². The van der Waals surface area contributed by atoms with E-state index in [-0.39, 0.29) is 12.5 Å². The molecule has 1 aromatic heterocycles. The molecule has 0 aliphatic heterocycles. The predicted molar refractivity (Wildman–Crippen MR) is 85.9 cm³/mol. The highest BCUT2D eigenvalue weighted by Crippen LogP contribution is 2.21. The topological polar surface area (TPSA) is 49.3 Å². The number of aliphatic hydroxyl groups excluding tert-OH is 1. The first-order valence-electron chi connectivity index (χ1n) is 6.02. The Morgan fingerprint density at radius 1 is 1.29 bits per heavy atom. The molecule has 0 saturated carbocycles. The third-order valence-electron chi connectivity index (χ3n) is 2.59. The fourth-order valence-electron chi connectivity index (χ4n) is 1.61. The van der Waals surface area contributed by atoms with Crippen LogP contribution in [0.4, 0.5) is 0 Å². The standard InChI is InChI=1S/C15H11Cl2NO2S/c16-13-8-11(4-3-10(13)2-1-7-19)15(20)18-9-12-5-6-14(17)21-12/h3-6,8,19H,7,9H2,(H,18,20). The van der Waals surface area contributed by atoms with E-state index in [0.717, 1.165) is 4.88 Å². The van der Waals surface area contributed by atoms with Gasteiger partial charge in [0, 0.05) is 16.0 Å². The van der Waals surface area contributed by atoms with Crippen LogP contribution in [0.25, 0.3) is 0 Å². The van der Waals surface area contributed by atoms with Gasteiger partial charge in [-0.2, -0.15) is 0 Å². The summed E-state index contributed by atoms with van der Waals surface area (Å²) in [6, 6.07) is 8.51. The van der Waals surface area contributed by atoms with Crippen LogP contribution in [0.1, 0.15) is 20.8 Å². The number of benzene rings is 1. The van der Waals surface area contributed by atoms with Crippen molar-refractivity contribution in [2.24, 2.45) is 0 Å². The molecule has 0 bridgehead atoms. The summed E-state index contributed by atoms with van der Waals surface area (Å²) in [6.07, 6.45) is 0. The highest BCUT2D eigenvalue weighted by molar-refractivity contribution is 7.16. The van der Waals surface area contributed by atoms with Gasteiger partial charge in [-0.1, -0.05) is 35.0 Å². The Labute approximate surface area is 136 Å². The Balaban J connectivity index is 2.04. The molecule has 6 heteroatoms. The Morgan fingerprint density at radius 2 is 2.10 bits per heavy atom. The Bertz CT molecular complexity index is 716. The van der Waals surface area contributed by atoms with Crippen molar-refractivity contribution < 1.29 is 9.90 Å². The molecule has 0 spiro atoms. The molecule has 0 unspecified atom stereocenters. The lowest BCUT2D eigenvalue weighted by molar-refractivity contribution is 0.0951. The first-order valence-corrected chi connectivity index (χ1v) is 7.59. The molecule has 0 aliphatic rings. The molecule has 2 aromatic rings. The van der Waals surface area contributed by atoms with Crippen molar-refractivity contribution in [3.63, 3.8) is 0 Å². The Morgan fingerprint density at radius 3 is 2.71 bits per heavy atom. The molecule has 0 atom stereocenters. The number of carbonyl (C=O) groups is 1. The number of halogens is 2. The average Bonchev–Trinajstić information content (AvgIpc) is 2.89. The minimum Gasteiger partial charge on any atom is -0.384 e. The molecule has 21 heavy (non-hydrogen) atoms. The molecule has 0 aliphatic carbocycles. The lowest BCUT2D eigenvalue weighted by Crippen LogP contribution is -2.22. The summed E-state index contributed by atoms with van der Waals surface area (Å²) in [4.78, 5) is 13.0. The van der Waals surface area contributed by atoms with E-state index in [1.165, 1.54) is 11.3 Å². The summed E-state index contributed by atoms with van der Waals surface area (Å²) in [7, 11) is 0. The highest BCUT2D eigenvalue weighted by atomic mass is 35.5. The van der Waals surface area contributed by atoms with Gasteiger partial charge >= 0.3 is 0 Å². The normalized spacial score (nSPS) is 9.86. The molecule has 1 aromatic carbocycles. The second-order valence-corrected chi connectivity index (χ2v) is 6.25. The number of carbonyl (C=O) groups excluding carboxylic acids is 1. The van der Waals surface area contributed by atoms with Crippen molar-refractivity contribution in [2.75, 3.05) is 6.61 Å². The van der Waals surface area contributed by atoms with Crippen molar-refractivity contribution in [2.45, 2.75) is 6.54 Å². The number of hydrogen-bond acceptors (Lipinski definition) is 3. The maximum Gasteiger partial charge on any atom is 0.251 e. The van der Waals surface area contributed by atoms with Crippen LogP contribution >= 0.6 is 34.5 Å². The van der Waals surface area contributed by atoms with Gasteiger partial charge in [0.15, 0.2) is 0 Å². The van der Waals surface area contributed by atoms with Crippen LogP contribution in [0.3, 0.4) is 0 Å². The van der Waals surface area contributed by atoms with Crippen LogP contribution in [0, 0.1) is 11.8 Å². The molecule has 0 fully saturated rings. The quantitative estimate of drug-likeness (QED) is 0.842. The summed E-state index contributed by atoms with van der Waals surface area (Å²) in [5, 5.41) is 11.8. The van der Waals surface area contributed by atoms with Crippen molar-refractivity contribution in [1.29, 1.82) is 0 Å². The second kappa shape index (κ2) is 7.48. The lowest BCUT2D eigenvalue weighted by Gasteiger charge is -2.05. The molecule has 0 radical (unpaired) electrons. The van der Waals surface area contributed by atoms with Gasteiger partial charge in [0.1, 0.15) is 6.61 Å². The largest absolute Gasteiger partial charge is 0.384 e. The minimum absolute atomic E-state index is 0.219. The SMILES string of the molecule is O=C(NCc1ccc(Cl)s1)c1ccc(C#CCO)c(Cl)c1. The first kappa shape index (κ1) is 15.9. The highest BCUT2D eigenvalue weighted by Gasteiger charge is 2.08. The Hall–Kier alpha value is -1.51. The molecular formula is C15H11Cl2NO2S. The van der Waals surface area contributed by atoms with Gasteiger partial charge in [0.25, 0.3) is 5.91 Å². The Kier molecular flexibility index (Phi) is 5.66. The summed E-state index contributed by atoms with van der Waals surface area (Å²) in [5.74, 6) is 5.01. The summed E-state index contributed by atoms with van der Waals surface area (Å²) >= 11 is 13.3. The third-order valence-corrected chi connectivity index (χ3v) is 4.13. The smallest absolute Gasteiger partial charge is 0.251 e. The van der Waals surface area contributed by atoms with Crippen LogP contribution in [0.2, 0.25) is 9.36 Å². The monoisotopic (exact) mass is 339 g/mol. The molecule has 1 heterocycles. The van der Waals surface area contributed by atoms with Crippen LogP contribution in [0.5, 0.6) is 0 Å². The van der Waals surface area contributed by atoms with E-state index in [9.17, 15) is 4.79 Å². The molecule has 2 N–H and O–H groups in total.